The zero-order valence-corrected chi connectivity index (χ0v) is 31.7. The molecule has 296 valence electrons. The largest absolute Gasteiger partial charge is 0.397 e. The summed E-state index contributed by atoms with van der Waals surface area (Å²) in [5, 5.41) is 26.5. The topological polar surface area (TPSA) is 173 Å². The second-order valence-corrected chi connectivity index (χ2v) is 14.5. The molecule has 4 aromatic carbocycles. The van der Waals surface area contributed by atoms with Gasteiger partial charge < -0.3 is 35.8 Å². The van der Waals surface area contributed by atoms with Crippen LogP contribution in [0.4, 0.5) is 22.7 Å². The summed E-state index contributed by atoms with van der Waals surface area (Å²) in [4.78, 5) is 40.1. The molecule has 2 fully saturated rings. The van der Waals surface area contributed by atoms with Gasteiger partial charge in [0.1, 0.15) is 0 Å². The van der Waals surface area contributed by atoms with Gasteiger partial charge in [0.25, 0.3) is 5.69 Å². The second-order valence-electron chi connectivity index (χ2n) is 14.5. The van der Waals surface area contributed by atoms with Crippen LogP contribution in [0.2, 0.25) is 0 Å². The van der Waals surface area contributed by atoms with Gasteiger partial charge in [-0.15, -0.1) is 0 Å². The maximum absolute atomic E-state index is 12.6. The third-order valence-corrected chi connectivity index (χ3v) is 10.4. The van der Waals surface area contributed by atoms with Crippen LogP contribution in [0, 0.1) is 10.1 Å². The Labute approximate surface area is 327 Å². The Morgan fingerprint density at radius 2 is 1.43 bits per heavy atom. The number of aliphatic hydroxyl groups excluding tert-OH is 1. The van der Waals surface area contributed by atoms with Crippen molar-refractivity contribution in [1.29, 1.82) is 0 Å². The lowest BCUT2D eigenvalue weighted by Crippen LogP contribution is -2.49. The number of amides is 2. The number of para-hydroxylation sites is 2. The molecule has 2 amide bonds. The smallest absolute Gasteiger partial charge is 0.269 e. The van der Waals surface area contributed by atoms with Crippen LogP contribution >= 0.6 is 0 Å². The second kappa shape index (κ2) is 20.0. The van der Waals surface area contributed by atoms with Crippen LogP contribution in [0.1, 0.15) is 79.6 Å². The Kier molecular flexibility index (Phi) is 14.4. The van der Waals surface area contributed by atoms with Gasteiger partial charge in [-0.1, -0.05) is 73.5 Å². The molecule has 2 aliphatic heterocycles. The fourth-order valence-electron chi connectivity index (χ4n) is 7.12. The van der Waals surface area contributed by atoms with Gasteiger partial charge in [-0.25, -0.2) is 0 Å². The molecule has 13 nitrogen and oxygen atoms in total. The van der Waals surface area contributed by atoms with Crippen LogP contribution < -0.4 is 21.3 Å². The maximum atomic E-state index is 12.6. The molecular weight excluding hydrogens is 713 g/mol. The number of nitrogens with zero attached hydrogens (tertiary/aromatic N) is 3. The van der Waals surface area contributed by atoms with Crippen LogP contribution in [0.5, 0.6) is 0 Å². The summed E-state index contributed by atoms with van der Waals surface area (Å²) in [5.41, 5.74) is 11.9. The quantitative estimate of drug-likeness (QED) is 0.0396. The van der Waals surface area contributed by atoms with Crippen molar-refractivity contribution in [3.63, 3.8) is 0 Å². The highest BCUT2D eigenvalue weighted by Crippen LogP contribution is 2.38. The highest BCUT2D eigenvalue weighted by Gasteiger charge is 2.34. The summed E-state index contributed by atoms with van der Waals surface area (Å²) in [6.45, 7) is 4.42. The summed E-state index contributed by atoms with van der Waals surface area (Å²) in [5.74, 6) is -0.0630. The molecule has 0 spiro atoms. The van der Waals surface area contributed by atoms with Crippen molar-refractivity contribution in [2.24, 2.45) is 0 Å². The Morgan fingerprint density at radius 3 is 2.09 bits per heavy atom. The number of nitrogens with one attached hydrogen (secondary N) is 2. The van der Waals surface area contributed by atoms with E-state index in [1.54, 1.807) is 24.3 Å². The van der Waals surface area contributed by atoms with Gasteiger partial charge in [0.2, 0.25) is 11.8 Å². The lowest BCUT2D eigenvalue weighted by molar-refractivity contribution is -0.384. The number of nitro benzene ring substituents is 1. The first-order valence-corrected chi connectivity index (χ1v) is 19.5. The Bertz CT molecular complexity index is 1880. The molecule has 4 aromatic rings. The van der Waals surface area contributed by atoms with E-state index in [0.29, 0.717) is 37.2 Å². The Hall–Kier alpha value is -5.34. The zero-order chi connectivity index (χ0) is 39.3. The van der Waals surface area contributed by atoms with E-state index in [4.69, 9.17) is 15.2 Å². The number of carbonyl (C=O) groups excluding carboxylic acids is 2. The lowest BCUT2D eigenvalue weighted by Gasteiger charge is -2.41. The minimum Gasteiger partial charge on any atom is -0.397 e. The fraction of sp³-hybridized carbons (Fsp3) is 0.395. The summed E-state index contributed by atoms with van der Waals surface area (Å²) < 4.78 is 13.1. The summed E-state index contributed by atoms with van der Waals surface area (Å²) >= 11 is 0. The molecule has 2 saturated heterocycles. The van der Waals surface area contributed by atoms with Crippen LogP contribution in [0.25, 0.3) is 0 Å². The predicted molar refractivity (Wildman–Crippen MR) is 216 cm³/mol. The number of nitrogens with two attached hydrogens (primary N) is 1. The first-order valence-electron chi connectivity index (χ1n) is 19.5. The predicted octanol–water partition coefficient (Wildman–Crippen LogP) is 6.63. The van der Waals surface area contributed by atoms with Crippen molar-refractivity contribution in [3.05, 3.63) is 129 Å². The molecule has 5 N–H and O–H groups in total. The van der Waals surface area contributed by atoms with Gasteiger partial charge in [0.15, 0.2) is 6.29 Å². The molecule has 0 aromatic heterocycles. The van der Waals surface area contributed by atoms with Crippen molar-refractivity contribution in [3.8, 4) is 0 Å². The van der Waals surface area contributed by atoms with Gasteiger partial charge in [-0.05, 0) is 53.8 Å². The van der Waals surface area contributed by atoms with E-state index >= 15 is 0 Å². The van der Waals surface area contributed by atoms with Crippen molar-refractivity contribution >= 4 is 34.6 Å². The number of piperazine rings is 1. The molecule has 56 heavy (non-hydrogen) atoms. The zero-order valence-electron chi connectivity index (χ0n) is 31.7. The van der Waals surface area contributed by atoms with Gasteiger partial charge >= 0.3 is 0 Å². The molecular formula is C43H52N6O7. The van der Waals surface area contributed by atoms with E-state index < -0.39 is 6.29 Å². The third kappa shape index (κ3) is 11.6. The molecule has 0 aliphatic carbocycles. The first-order chi connectivity index (χ1) is 27.2. The fourth-order valence-corrected chi connectivity index (χ4v) is 7.12. The summed E-state index contributed by atoms with van der Waals surface area (Å²) in [7, 11) is 0. The number of ether oxygens (including phenoxy) is 2. The van der Waals surface area contributed by atoms with Crippen molar-refractivity contribution in [1.82, 2.24) is 10.2 Å². The number of nitrogen functional groups attached to an aromatic ring is 1. The van der Waals surface area contributed by atoms with E-state index in [-0.39, 0.29) is 41.2 Å². The Balaban J connectivity index is 0.957. The molecule has 0 saturated carbocycles. The third-order valence-electron chi connectivity index (χ3n) is 10.4. The molecule has 0 bridgehead atoms. The number of non-ortho nitro benzene ring substituents is 1. The molecule has 0 radical (unpaired) electrons. The van der Waals surface area contributed by atoms with Gasteiger partial charge in [-0.2, -0.15) is 0 Å². The molecule has 2 heterocycles. The minimum atomic E-state index is -0.580. The van der Waals surface area contributed by atoms with Gasteiger partial charge in [0.05, 0.1) is 35.1 Å². The van der Waals surface area contributed by atoms with Gasteiger partial charge in [0, 0.05) is 81.9 Å². The van der Waals surface area contributed by atoms with Crippen LogP contribution in [-0.4, -0.2) is 65.6 Å². The number of aliphatic hydroxyl groups is 1. The molecule has 3 atom stereocenters. The number of anilines is 3. The van der Waals surface area contributed by atoms with E-state index in [9.17, 15) is 24.8 Å². The SMILES string of the molecule is Nc1ccccc1NC(=O)CCCCCCC(=O)NCc1ccc([C@@H]2O[C@H](CN3CCN(c4ccc([N+](=O)[O-])cc4)CC3)C[C@H](c3ccc(CO)cc3)O2)cc1. The number of benzene rings is 4. The van der Waals surface area contributed by atoms with Crippen LogP contribution in [-0.2, 0) is 32.2 Å². The maximum Gasteiger partial charge on any atom is 0.269 e. The number of carbonyl (C=O) groups is 2. The number of rotatable bonds is 17. The number of hydrogen-bond acceptors (Lipinski definition) is 10. The van der Waals surface area contributed by atoms with E-state index in [1.165, 1.54) is 0 Å². The van der Waals surface area contributed by atoms with Gasteiger partial charge in [-0.3, -0.25) is 24.6 Å². The number of hydrogen-bond donors (Lipinski definition) is 4. The van der Waals surface area contributed by atoms with E-state index in [2.05, 4.69) is 20.4 Å². The molecule has 0 unspecified atom stereocenters. The van der Waals surface area contributed by atoms with Crippen molar-refractivity contribution in [2.45, 2.75) is 76.6 Å². The average Bonchev–Trinajstić information content (AvgIpc) is 3.22. The molecule has 6 rings (SSSR count). The van der Waals surface area contributed by atoms with E-state index in [1.807, 2.05) is 72.8 Å². The lowest BCUT2D eigenvalue weighted by atomic mass is 9.99. The highest BCUT2D eigenvalue weighted by atomic mass is 16.7. The standard InChI is InChI=1S/C43H52N6O7/c44-38-7-5-6-8-39(38)46-42(52)10-4-2-1-3-9-41(51)45-28-31-11-17-34(18-12-31)43-55-37(27-40(56-43)33-15-13-32(30-50)14-16-33)29-47-23-25-48(26-24-47)35-19-21-36(22-20-35)49(53)54/h5-8,11-22,37,40,43,50H,1-4,9-10,23-30,44H2,(H,45,51)(H,46,52)/t37-,40+,43+/m0/s1. The Morgan fingerprint density at radius 1 is 0.786 bits per heavy atom. The normalized spacial score (nSPS) is 18.7. The number of nitro groups is 1. The highest BCUT2D eigenvalue weighted by molar-refractivity contribution is 5.93. The van der Waals surface area contributed by atoms with Crippen LogP contribution in [0.15, 0.2) is 97.1 Å². The molecule has 2 aliphatic rings. The summed E-state index contributed by atoms with van der Waals surface area (Å²) in [6.07, 6.45) is 3.91. The summed E-state index contributed by atoms with van der Waals surface area (Å²) in [6, 6.07) is 29.7. The first kappa shape index (κ1) is 40.3. The van der Waals surface area contributed by atoms with Crippen molar-refractivity contribution < 1.29 is 29.1 Å². The number of unbranched alkanes of at least 4 members (excludes halogenated alkanes) is 3. The average molecular weight is 765 g/mol. The van der Waals surface area contributed by atoms with Crippen LogP contribution in [0.3, 0.4) is 0 Å². The van der Waals surface area contributed by atoms with Crippen molar-refractivity contribution in [2.75, 3.05) is 48.7 Å². The van der Waals surface area contributed by atoms with E-state index in [0.717, 1.165) is 86.3 Å². The minimum absolute atomic E-state index is 0.00297. The molecule has 13 heteroatoms. The monoisotopic (exact) mass is 764 g/mol.